The molecule has 0 fully saturated rings. The molecule has 3 heterocycles. The maximum absolute atomic E-state index is 4.56. The van der Waals surface area contributed by atoms with E-state index < -0.39 is 0 Å². The monoisotopic (exact) mass is 830 g/mol. The molecule has 0 amide bonds. The van der Waals surface area contributed by atoms with Gasteiger partial charge in [0.15, 0.2) is 0 Å². The Labute approximate surface area is 308 Å². The second kappa shape index (κ2) is 15.6. The summed E-state index contributed by atoms with van der Waals surface area (Å²) in [6.07, 6.45) is 6.24. The van der Waals surface area contributed by atoms with Crippen LogP contribution in [-0.4, -0.2) is 9.97 Å². The molecule has 2 aromatic heterocycles. The number of nitrogens with zero attached hydrogens (tertiary/aromatic N) is 5. The second-order valence-corrected chi connectivity index (χ2v) is 13.8. The number of benzene rings is 4. The third-order valence-electron chi connectivity index (χ3n) is 9.06. The fourth-order valence-corrected chi connectivity index (χ4v) is 6.55. The molecule has 6 aromatic rings. The summed E-state index contributed by atoms with van der Waals surface area (Å²) in [6.45, 7) is 20.5. The summed E-state index contributed by atoms with van der Waals surface area (Å²) in [5, 5.41) is 2.24. The van der Waals surface area contributed by atoms with Crippen LogP contribution >= 0.6 is 0 Å². The predicted octanol–water partition coefficient (Wildman–Crippen LogP) is 11.5. The van der Waals surface area contributed by atoms with Crippen molar-refractivity contribution in [3.05, 3.63) is 139 Å². The molecule has 0 unspecified atom stereocenters. The summed E-state index contributed by atoms with van der Waals surface area (Å²) < 4.78 is 0. The zero-order chi connectivity index (χ0) is 33.9. The Balaban J connectivity index is 0.000000202. The van der Waals surface area contributed by atoms with Crippen molar-refractivity contribution in [2.75, 3.05) is 9.80 Å². The summed E-state index contributed by atoms with van der Waals surface area (Å²) in [4.78, 5) is 18.2. The summed E-state index contributed by atoms with van der Waals surface area (Å²) in [7, 11) is 0. The number of para-hydroxylation sites is 4. The third-order valence-corrected chi connectivity index (χ3v) is 9.06. The van der Waals surface area contributed by atoms with Gasteiger partial charge in [0.05, 0.1) is 5.69 Å². The van der Waals surface area contributed by atoms with E-state index in [0.717, 1.165) is 27.5 Å². The van der Waals surface area contributed by atoms with Gasteiger partial charge < -0.3 is 19.8 Å². The molecule has 1 aliphatic heterocycles. The fraction of sp³-hybridized carbons (Fsp3) is 0.279. The van der Waals surface area contributed by atoms with E-state index in [9.17, 15) is 0 Å². The van der Waals surface area contributed by atoms with Crippen molar-refractivity contribution in [2.24, 2.45) is 0 Å². The van der Waals surface area contributed by atoms with Crippen LogP contribution < -0.4 is 14.8 Å². The number of hydrogen-bond acceptors (Lipinski definition) is 4. The van der Waals surface area contributed by atoms with Gasteiger partial charge in [-0.25, -0.2) is 0 Å². The SMILES string of the molecule is CC(C)c1cccc(C(C)C)c1N1C=CN(c2c(C(C)C)cccc2C(C)C)[CH-]1.[Au].c1ccc2c(-c3nc4ccccc4[n-]3)nccc2c1. The number of aromatic nitrogens is 3. The molecule has 49 heavy (non-hydrogen) atoms. The van der Waals surface area contributed by atoms with E-state index in [1.165, 1.54) is 33.6 Å². The van der Waals surface area contributed by atoms with Crippen molar-refractivity contribution < 1.29 is 22.4 Å². The minimum Gasteiger partial charge on any atom is -0.479 e. The summed E-state index contributed by atoms with van der Waals surface area (Å²) in [5.74, 6) is 2.61. The standard InChI is InChI=1S/C27H37N2.C16H10N3.Au/c1-18(2)22-11-9-12-23(19(3)4)26(22)28-15-16-29(17-28)27-24(20(5)6)13-10-14-25(27)21(7)8;1-2-6-12-11(5-1)9-10-17-15(12)16-18-13-7-3-4-8-14(13)19-16;/h9-21H,1-8H3;1-10H;/q2*-1;. The summed E-state index contributed by atoms with van der Waals surface area (Å²) >= 11 is 0. The van der Waals surface area contributed by atoms with Crippen molar-refractivity contribution in [3.63, 3.8) is 0 Å². The van der Waals surface area contributed by atoms with Crippen molar-refractivity contribution in [1.82, 2.24) is 15.0 Å². The third kappa shape index (κ3) is 7.55. The first-order chi connectivity index (χ1) is 23.1. The Bertz CT molecular complexity index is 1890. The van der Waals surface area contributed by atoms with Gasteiger partial charge in [-0.05, 0) is 86.6 Å². The Morgan fingerprint density at radius 1 is 0.571 bits per heavy atom. The van der Waals surface area contributed by atoms with Crippen LogP contribution in [0.15, 0.2) is 110 Å². The van der Waals surface area contributed by atoms with Gasteiger partial charge in [0.1, 0.15) is 0 Å². The molecular formula is C43H47AuN5-2. The van der Waals surface area contributed by atoms with Crippen molar-refractivity contribution in [2.45, 2.75) is 79.1 Å². The molecule has 257 valence electrons. The number of anilines is 2. The maximum atomic E-state index is 4.56. The molecule has 0 aliphatic carbocycles. The molecule has 1 radical (unpaired) electrons. The van der Waals surface area contributed by atoms with Gasteiger partial charge in [-0.2, -0.15) is 0 Å². The van der Waals surface area contributed by atoms with E-state index in [-0.39, 0.29) is 22.4 Å². The van der Waals surface area contributed by atoms with Crippen LogP contribution in [0.5, 0.6) is 0 Å². The summed E-state index contributed by atoms with van der Waals surface area (Å²) in [5.41, 5.74) is 10.9. The Kier molecular flexibility index (Phi) is 11.5. The van der Waals surface area contributed by atoms with E-state index >= 15 is 0 Å². The molecule has 6 heteroatoms. The van der Waals surface area contributed by atoms with Crippen LogP contribution in [0.1, 0.15) is 101 Å². The number of fused-ring (bicyclic) bond motifs is 2. The van der Waals surface area contributed by atoms with Gasteiger partial charge in [0.25, 0.3) is 0 Å². The smallest absolute Gasteiger partial charge is 0.0698 e. The number of hydrogen-bond donors (Lipinski definition) is 0. The average Bonchev–Trinajstić information content (AvgIpc) is 3.75. The molecule has 4 aromatic carbocycles. The minimum atomic E-state index is 0. The Hall–Kier alpha value is -4.16. The number of pyridine rings is 1. The minimum absolute atomic E-state index is 0. The van der Waals surface area contributed by atoms with E-state index in [4.69, 9.17) is 0 Å². The molecule has 0 atom stereocenters. The van der Waals surface area contributed by atoms with Crippen molar-refractivity contribution >= 4 is 33.2 Å². The fourth-order valence-electron chi connectivity index (χ4n) is 6.55. The number of rotatable bonds is 7. The Morgan fingerprint density at radius 3 is 1.57 bits per heavy atom. The van der Waals surface area contributed by atoms with E-state index in [1.807, 2.05) is 42.5 Å². The molecule has 0 N–H and O–H groups in total. The van der Waals surface area contributed by atoms with Gasteiger partial charge in [0, 0.05) is 45.3 Å². The molecule has 1 aliphatic rings. The first kappa shape index (κ1) is 36.1. The molecule has 7 rings (SSSR count). The normalized spacial score (nSPS) is 12.8. The van der Waals surface area contributed by atoms with Gasteiger partial charge in [-0.3, -0.25) is 4.98 Å². The Morgan fingerprint density at radius 2 is 1.06 bits per heavy atom. The van der Waals surface area contributed by atoms with Gasteiger partial charge in [0.2, 0.25) is 0 Å². The van der Waals surface area contributed by atoms with Gasteiger partial charge in [-0.15, -0.1) is 6.67 Å². The van der Waals surface area contributed by atoms with E-state index in [2.05, 4.69) is 148 Å². The van der Waals surface area contributed by atoms with Gasteiger partial charge >= 0.3 is 0 Å². The van der Waals surface area contributed by atoms with Crippen LogP contribution in [0.3, 0.4) is 0 Å². The van der Waals surface area contributed by atoms with E-state index in [1.54, 1.807) is 6.20 Å². The molecular weight excluding hydrogens is 783 g/mol. The van der Waals surface area contributed by atoms with Gasteiger partial charge in [-0.1, -0.05) is 140 Å². The molecule has 0 spiro atoms. The molecule has 0 saturated carbocycles. The quantitative estimate of drug-likeness (QED) is 0.118. The van der Waals surface area contributed by atoms with Crippen LogP contribution in [0.2, 0.25) is 0 Å². The number of imidazole rings is 1. The first-order valence-electron chi connectivity index (χ1n) is 17.2. The average molecular weight is 831 g/mol. The molecule has 5 nitrogen and oxygen atoms in total. The van der Waals surface area contributed by atoms with E-state index in [0.29, 0.717) is 29.5 Å². The summed E-state index contributed by atoms with van der Waals surface area (Å²) in [6, 6.07) is 31.6. The van der Waals surface area contributed by atoms with Crippen LogP contribution in [0, 0.1) is 6.67 Å². The van der Waals surface area contributed by atoms with Crippen LogP contribution in [-0.2, 0) is 22.4 Å². The van der Waals surface area contributed by atoms with Crippen LogP contribution in [0.4, 0.5) is 11.4 Å². The first-order valence-corrected chi connectivity index (χ1v) is 17.2. The largest absolute Gasteiger partial charge is 0.479 e. The zero-order valence-electron chi connectivity index (χ0n) is 29.8. The maximum Gasteiger partial charge on any atom is 0.0698 e. The zero-order valence-corrected chi connectivity index (χ0v) is 32.0. The van der Waals surface area contributed by atoms with Crippen LogP contribution in [0.25, 0.3) is 33.3 Å². The topological polar surface area (TPSA) is 46.4 Å². The van der Waals surface area contributed by atoms with Crippen molar-refractivity contribution in [1.29, 1.82) is 0 Å². The second-order valence-electron chi connectivity index (χ2n) is 13.8. The van der Waals surface area contributed by atoms with Crippen molar-refractivity contribution in [3.8, 4) is 11.5 Å². The molecule has 0 saturated heterocycles. The molecule has 0 bridgehead atoms. The predicted molar refractivity (Wildman–Crippen MR) is 203 cm³/mol.